The summed E-state index contributed by atoms with van der Waals surface area (Å²) in [6.45, 7) is 6.53. The van der Waals surface area contributed by atoms with Crippen LogP contribution < -0.4 is 10.1 Å². The van der Waals surface area contributed by atoms with Gasteiger partial charge in [-0.15, -0.1) is 0 Å². The quantitative estimate of drug-likeness (QED) is 0.797. The maximum atomic E-state index is 9.24. The summed E-state index contributed by atoms with van der Waals surface area (Å²) in [4.78, 5) is 0. The van der Waals surface area contributed by atoms with Crippen LogP contribution in [0.5, 0.6) is 5.75 Å². The van der Waals surface area contributed by atoms with Gasteiger partial charge < -0.3 is 15.2 Å². The molecule has 1 unspecified atom stereocenters. The van der Waals surface area contributed by atoms with Crippen molar-refractivity contribution in [3.8, 4) is 5.75 Å². The zero-order valence-corrected chi connectivity index (χ0v) is 10.5. The van der Waals surface area contributed by atoms with Crippen LogP contribution in [0.15, 0.2) is 18.2 Å². The highest BCUT2D eigenvalue weighted by Crippen LogP contribution is 2.21. The van der Waals surface area contributed by atoms with E-state index in [4.69, 9.17) is 4.74 Å². The lowest BCUT2D eigenvalue weighted by molar-refractivity contribution is 0.122. The van der Waals surface area contributed by atoms with Crippen molar-refractivity contribution in [2.75, 3.05) is 20.3 Å². The van der Waals surface area contributed by atoms with E-state index in [0.29, 0.717) is 6.61 Å². The summed E-state index contributed by atoms with van der Waals surface area (Å²) < 4.78 is 5.74. The first-order valence-corrected chi connectivity index (χ1v) is 5.51. The number of ether oxygens (including phenoxy) is 1. The molecule has 0 aliphatic carbocycles. The highest BCUT2D eigenvalue weighted by Gasteiger charge is 2.22. The molecule has 1 atom stereocenters. The Morgan fingerprint density at radius 3 is 2.62 bits per heavy atom. The Kier molecular flexibility index (Phi) is 4.33. The number of rotatable bonds is 5. The molecule has 16 heavy (non-hydrogen) atoms. The minimum Gasteiger partial charge on any atom is -0.491 e. The molecular formula is C13H21NO2. The van der Waals surface area contributed by atoms with Crippen molar-refractivity contribution in [3.05, 3.63) is 29.3 Å². The van der Waals surface area contributed by atoms with E-state index in [1.807, 2.05) is 33.0 Å². The summed E-state index contributed by atoms with van der Waals surface area (Å²) in [7, 11) is 1.82. The lowest BCUT2D eigenvalue weighted by Crippen LogP contribution is -2.48. The second-order valence-electron chi connectivity index (χ2n) is 4.46. The van der Waals surface area contributed by atoms with Gasteiger partial charge >= 0.3 is 0 Å². The van der Waals surface area contributed by atoms with Crippen molar-refractivity contribution >= 4 is 0 Å². The third kappa shape index (κ3) is 2.97. The van der Waals surface area contributed by atoms with Crippen LogP contribution in [0.3, 0.4) is 0 Å². The van der Waals surface area contributed by atoms with Crippen LogP contribution in [0.1, 0.15) is 18.1 Å². The number of aryl methyl sites for hydroxylation is 1. The normalized spacial score (nSPS) is 14.6. The van der Waals surface area contributed by atoms with Crippen LogP contribution in [0.25, 0.3) is 0 Å². The predicted octanol–water partition coefficient (Wildman–Crippen LogP) is 1.65. The van der Waals surface area contributed by atoms with Gasteiger partial charge in [-0.1, -0.05) is 12.1 Å². The smallest absolute Gasteiger partial charge is 0.122 e. The number of hydrogen-bond acceptors (Lipinski definition) is 3. The summed E-state index contributed by atoms with van der Waals surface area (Å²) in [5, 5.41) is 12.3. The van der Waals surface area contributed by atoms with Gasteiger partial charge in [-0.2, -0.15) is 0 Å². The fourth-order valence-corrected chi connectivity index (χ4v) is 1.31. The molecule has 0 bridgehead atoms. The Hall–Kier alpha value is -1.06. The molecule has 0 fully saturated rings. The minimum absolute atomic E-state index is 0.0500. The SMILES string of the molecule is CNC(C)(CO)COc1cccc(C)c1C. The van der Waals surface area contributed by atoms with Crippen molar-refractivity contribution in [2.45, 2.75) is 26.3 Å². The summed E-state index contributed by atoms with van der Waals surface area (Å²) in [6, 6.07) is 5.99. The summed E-state index contributed by atoms with van der Waals surface area (Å²) in [5.41, 5.74) is 1.97. The molecule has 0 radical (unpaired) electrons. The van der Waals surface area contributed by atoms with Gasteiger partial charge in [0.05, 0.1) is 12.1 Å². The van der Waals surface area contributed by atoms with E-state index in [-0.39, 0.29) is 6.61 Å². The molecule has 0 amide bonds. The van der Waals surface area contributed by atoms with Crippen molar-refractivity contribution in [1.82, 2.24) is 5.32 Å². The van der Waals surface area contributed by atoms with E-state index in [1.165, 1.54) is 5.56 Å². The van der Waals surface area contributed by atoms with E-state index in [9.17, 15) is 5.11 Å². The second-order valence-corrected chi connectivity index (χ2v) is 4.46. The van der Waals surface area contributed by atoms with Gasteiger partial charge in [-0.05, 0) is 45.0 Å². The minimum atomic E-state index is -0.393. The molecule has 90 valence electrons. The molecule has 1 aromatic rings. The van der Waals surface area contributed by atoms with Crippen LogP contribution in [0, 0.1) is 13.8 Å². The lowest BCUT2D eigenvalue weighted by Gasteiger charge is -2.27. The predicted molar refractivity (Wildman–Crippen MR) is 66.0 cm³/mol. The van der Waals surface area contributed by atoms with Gasteiger partial charge in [0.15, 0.2) is 0 Å². The standard InChI is InChI=1S/C13H21NO2/c1-10-6-5-7-12(11(10)2)16-9-13(3,8-15)14-4/h5-7,14-15H,8-9H2,1-4H3. The fraction of sp³-hybridized carbons (Fsp3) is 0.538. The van der Waals surface area contributed by atoms with Crippen molar-refractivity contribution in [1.29, 1.82) is 0 Å². The number of aliphatic hydroxyl groups is 1. The summed E-state index contributed by atoms with van der Waals surface area (Å²) in [6.07, 6.45) is 0. The Morgan fingerprint density at radius 1 is 1.38 bits per heavy atom. The highest BCUT2D eigenvalue weighted by atomic mass is 16.5. The number of nitrogens with one attached hydrogen (secondary N) is 1. The Labute approximate surface area is 97.4 Å². The summed E-state index contributed by atoms with van der Waals surface area (Å²) in [5.74, 6) is 0.884. The van der Waals surface area contributed by atoms with Crippen molar-refractivity contribution < 1.29 is 9.84 Å². The van der Waals surface area contributed by atoms with Gasteiger partial charge in [0.25, 0.3) is 0 Å². The lowest BCUT2D eigenvalue weighted by atomic mass is 10.1. The molecule has 1 rings (SSSR count). The van der Waals surface area contributed by atoms with Crippen LogP contribution in [-0.2, 0) is 0 Å². The zero-order chi connectivity index (χ0) is 12.2. The molecule has 0 saturated heterocycles. The number of likely N-dealkylation sites (N-methyl/N-ethyl adjacent to an activating group) is 1. The topological polar surface area (TPSA) is 41.5 Å². The highest BCUT2D eigenvalue weighted by molar-refractivity contribution is 5.38. The number of hydrogen-bond donors (Lipinski definition) is 2. The maximum absolute atomic E-state index is 9.24. The van der Waals surface area contributed by atoms with Crippen LogP contribution in [-0.4, -0.2) is 30.9 Å². The third-order valence-corrected chi connectivity index (χ3v) is 3.05. The van der Waals surface area contributed by atoms with Gasteiger partial charge in [0.1, 0.15) is 12.4 Å². The second kappa shape index (κ2) is 5.32. The number of benzene rings is 1. The Balaban J connectivity index is 2.71. The molecule has 3 heteroatoms. The monoisotopic (exact) mass is 223 g/mol. The average Bonchev–Trinajstić information content (AvgIpc) is 2.31. The van der Waals surface area contributed by atoms with Crippen LogP contribution in [0.4, 0.5) is 0 Å². The third-order valence-electron chi connectivity index (χ3n) is 3.05. The largest absolute Gasteiger partial charge is 0.491 e. The van der Waals surface area contributed by atoms with Gasteiger partial charge in [0.2, 0.25) is 0 Å². The van der Waals surface area contributed by atoms with Crippen molar-refractivity contribution in [2.24, 2.45) is 0 Å². The fourth-order valence-electron chi connectivity index (χ4n) is 1.31. The summed E-state index contributed by atoms with van der Waals surface area (Å²) >= 11 is 0. The van der Waals surface area contributed by atoms with Gasteiger partial charge in [-0.3, -0.25) is 0 Å². The molecule has 0 aromatic heterocycles. The molecule has 0 saturated carbocycles. The van der Waals surface area contributed by atoms with Crippen LogP contribution in [0.2, 0.25) is 0 Å². The van der Waals surface area contributed by atoms with Crippen molar-refractivity contribution in [3.63, 3.8) is 0 Å². The molecule has 2 N–H and O–H groups in total. The Morgan fingerprint density at radius 2 is 2.06 bits per heavy atom. The van der Waals surface area contributed by atoms with Crippen LogP contribution >= 0.6 is 0 Å². The number of aliphatic hydroxyl groups excluding tert-OH is 1. The molecule has 0 aliphatic rings. The first-order chi connectivity index (χ1) is 7.52. The van der Waals surface area contributed by atoms with Gasteiger partial charge in [0, 0.05) is 0 Å². The van der Waals surface area contributed by atoms with E-state index in [1.54, 1.807) is 0 Å². The Bertz CT molecular complexity index is 346. The maximum Gasteiger partial charge on any atom is 0.122 e. The van der Waals surface area contributed by atoms with E-state index in [2.05, 4.69) is 18.3 Å². The first-order valence-electron chi connectivity index (χ1n) is 5.51. The molecular weight excluding hydrogens is 202 g/mol. The molecule has 0 aliphatic heterocycles. The molecule has 0 spiro atoms. The average molecular weight is 223 g/mol. The molecule has 0 heterocycles. The molecule has 3 nitrogen and oxygen atoms in total. The van der Waals surface area contributed by atoms with E-state index >= 15 is 0 Å². The molecule has 1 aromatic carbocycles. The zero-order valence-electron chi connectivity index (χ0n) is 10.5. The van der Waals surface area contributed by atoms with Gasteiger partial charge in [-0.25, -0.2) is 0 Å². The van der Waals surface area contributed by atoms with E-state index < -0.39 is 5.54 Å². The van der Waals surface area contributed by atoms with E-state index in [0.717, 1.165) is 11.3 Å². The first kappa shape index (κ1) is 13.0.